The predicted octanol–water partition coefficient (Wildman–Crippen LogP) is 4.07. The van der Waals surface area contributed by atoms with Gasteiger partial charge in [-0.3, -0.25) is 0 Å². The molecule has 2 aromatic rings. The van der Waals surface area contributed by atoms with Crippen LogP contribution in [0.2, 0.25) is 0 Å². The number of nitrogens with zero attached hydrogens (tertiary/aromatic N) is 2. The zero-order valence-corrected chi connectivity index (χ0v) is 12.7. The van der Waals surface area contributed by atoms with Crippen LogP contribution in [0.4, 0.5) is 0 Å². The fraction of sp³-hybridized carbons (Fsp3) is 0.500. The summed E-state index contributed by atoms with van der Waals surface area (Å²) in [4.78, 5) is 16.2. The molecule has 1 N–H and O–H groups in total. The first kappa shape index (κ1) is 14.6. The highest BCUT2D eigenvalue weighted by Gasteiger charge is 2.23. The topological polar surface area (TPSA) is 55.1 Å². The Morgan fingerprint density at radius 2 is 1.85 bits per heavy atom. The minimum absolute atomic E-state index is 0.206. The molecule has 0 saturated heterocycles. The van der Waals surface area contributed by atoms with Crippen molar-refractivity contribution in [2.24, 2.45) is 5.92 Å². The maximum absolute atomic E-state index is 11.5. The number of hydrogen-bond donors (Lipinski definition) is 1. The van der Waals surface area contributed by atoms with Gasteiger partial charge in [-0.05, 0) is 25.0 Å². The lowest BCUT2D eigenvalue weighted by Crippen LogP contribution is -2.16. The highest BCUT2D eigenvalue weighted by molar-refractivity contribution is 6.01. The van der Waals surface area contributed by atoms with Crippen LogP contribution in [0.5, 0.6) is 0 Å². The van der Waals surface area contributed by atoms with E-state index in [9.17, 15) is 9.90 Å². The van der Waals surface area contributed by atoms with Gasteiger partial charge in [0.2, 0.25) is 0 Å². The highest BCUT2D eigenvalue weighted by atomic mass is 16.4. The molecule has 2 rings (SSSR count). The number of para-hydroxylation sites is 1. The first-order valence-corrected chi connectivity index (χ1v) is 7.08. The van der Waals surface area contributed by atoms with Crippen LogP contribution in [0.25, 0.3) is 11.0 Å². The molecule has 0 saturated carbocycles. The maximum Gasteiger partial charge on any atom is 0.337 e. The van der Waals surface area contributed by atoms with Crippen molar-refractivity contribution < 1.29 is 9.90 Å². The summed E-state index contributed by atoms with van der Waals surface area (Å²) in [6.45, 7) is 10.6. The molecular weight excluding hydrogens is 252 g/mol. The largest absolute Gasteiger partial charge is 0.478 e. The summed E-state index contributed by atoms with van der Waals surface area (Å²) in [5.41, 5.74) is 1.83. The Hall–Kier alpha value is -1.84. The van der Waals surface area contributed by atoms with Crippen molar-refractivity contribution in [3.8, 4) is 0 Å². The molecule has 1 aromatic heterocycles. The van der Waals surface area contributed by atoms with Crippen LogP contribution in [0.3, 0.4) is 0 Å². The van der Waals surface area contributed by atoms with Crippen LogP contribution in [0.1, 0.15) is 62.8 Å². The van der Waals surface area contributed by atoms with Gasteiger partial charge in [0, 0.05) is 12.0 Å². The van der Waals surface area contributed by atoms with Gasteiger partial charge < -0.3 is 9.67 Å². The summed E-state index contributed by atoms with van der Waals surface area (Å²) < 4.78 is 2.11. The fourth-order valence-corrected chi connectivity index (χ4v) is 2.46. The van der Waals surface area contributed by atoms with Gasteiger partial charge in [0.05, 0.1) is 16.6 Å². The Bertz CT molecular complexity index is 641. The molecule has 0 aliphatic rings. The van der Waals surface area contributed by atoms with E-state index in [0.29, 0.717) is 11.5 Å². The van der Waals surface area contributed by atoms with E-state index in [-0.39, 0.29) is 12.0 Å². The van der Waals surface area contributed by atoms with Crippen LogP contribution in [0, 0.1) is 5.92 Å². The van der Waals surface area contributed by atoms with Crippen molar-refractivity contribution >= 4 is 17.0 Å². The van der Waals surface area contributed by atoms with E-state index in [1.807, 2.05) is 6.07 Å². The number of hydrogen-bond acceptors (Lipinski definition) is 2. The van der Waals surface area contributed by atoms with Crippen molar-refractivity contribution in [3.05, 3.63) is 29.6 Å². The van der Waals surface area contributed by atoms with Crippen LogP contribution in [-0.4, -0.2) is 20.6 Å². The normalized spacial score (nSPS) is 13.3. The Balaban J connectivity index is 2.85. The minimum atomic E-state index is -0.900. The average Bonchev–Trinajstić information content (AvgIpc) is 2.76. The number of carbonyl (C=O) groups is 1. The molecule has 0 bridgehead atoms. The molecule has 0 aliphatic carbocycles. The molecule has 1 unspecified atom stereocenters. The van der Waals surface area contributed by atoms with Gasteiger partial charge in [-0.1, -0.05) is 33.8 Å². The third-order valence-electron chi connectivity index (χ3n) is 3.86. The molecule has 1 aromatic carbocycles. The van der Waals surface area contributed by atoms with Crippen molar-refractivity contribution in [3.63, 3.8) is 0 Å². The summed E-state index contributed by atoms with van der Waals surface area (Å²) in [5, 5.41) is 9.43. The van der Waals surface area contributed by atoms with Crippen molar-refractivity contribution in [1.82, 2.24) is 9.55 Å². The third-order valence-corrected chi connectivity index (χ3v) is 3.86. The smallest absolute Gasteiger partial charge is 0.337 e. The molecule has 0 fully saturated rings. The number of carboxylic acids is 1. The molecule has 0 spiro atoms. The van der Waals surface area contributed by atoms with Crippen molar-refractivity contribution in [1.29, 1.82) is 0 Å². The van der Waals surface area contributed by atoms with Gasteiger partial charge in [-0.2, -0.15) is 0 Å². The van der Waals surface area contributed by atoms with Crippen LogP contribution in [0.15, 0.2) is 18.2 Å². The molecule has 4 heteroatoms. The summed E-state index contributed by atoms with van der Waals surface area (Å²) >= 11 is 0. The highest BCUT2D eigenvalue weighted by Crippen LogP contribution is 2.31. The number of fused-ring (bicyclic) bond motifs is 1. The van der Waals surface area contributed by atoms with E-state index < -0.39 is 5.97 Å². The minimum Gasteiger partial charge on any atom is -0.478 e. The molecule has 20 heavy (non-hydrogen) atoms. The number of aromatic carboxylic acids is 1. The molecule has 4 nitrogen and oxygen atoms in total. The van der Waals surface area contributed by atoms with E-state index in [1.54, 1.807) is 12.1 Å². The lowest BCUT2D eigenvalue weighted by atomic mass is 10.0. The predicted molar refractivity (Wildman–Crippen MR) is 80.3 cm³/mol. The van der Waals surface area contributed by atoms with E-state index in [1.165, 1.54) is 0 Å². The summed E-state index contributed by atoms with van der Waals surface area (Å²) in [6.07, 6.45) is 0. The van der Waals surface area contributed by atoms with Crippen molar-refractivity contribution in [2.75, 3.05) is 0 Å². The number of imidazole rings is 1. The first-order chi connectivity index (χ1) is 9.34. The second-order valence-corrected chi connectivity index (χ2v) is 5.96. The standard InChI is InChI=1S/C16H22N2O2/c1-9(2)11(5)18-14-12(16(19)20)7-6-8-13(14)17-15(18)10(3)4/h6-11H,1-5H3,(H,19,20). The number of benzene rings is 1. The molecule has 0 amide bonds. The monoisotopic (exact) mass is 274 g/mol. The maximum atomic E-state index is 11.5. The SMILES string of the molecule is CC(C)c1nc2cccc(C(=O)O)c2n1C(C)C(C)C. The van der Waals surface area contributed by atoms with Gasteiger partial charge in [0.1, 0.15) is 5.82 Å². The van der Waals surface area contributed by atoms with Gasteiger partial charge >= 0.3 is 5.97 Å². The zero-order chi connectivity index (χ0) is 15.0. The summed E-state index contributed by atoms with van der Waals surface area (Å²) in [5.74, 6) is 0.718. The van der Waals surface area contributed by atoms with Crippen molar-refractivity contribution in [2.45, 2.75) is 46.6 Å². The average molecular weight is 274 g/mol. The van der Waals surface area contributed by atoms with Gasteiger partial charge in [-0.25, -0.2) is 9.78 Å². The molecule has 0 radical (unpaired) electrons. The molecule has 108 valence electrons. The lowest BCUT2D eigenvalue weighted by molar-refractivity contribution is 0.0698. The zero-order valence-electron chi connectivity index (χ0n) is 12.7. The number of carboxylic acid groups (broad SMARTS) is 1. The van der Waals surface area contributed by atoms with Gasteiger partial charge in [-0.15, -0.1) is 0 Å². The van der Waals surface area contributed by atoms with E-state index in [4.69, 9.17) is 0 Å². The number of aromatic nitrogens is 2. The van der Waals surface area contributed by atoms with E-state index in [2.05, 4.69) is 44.2 Å². The summed E-state index contributed by atoms with van der Waals surface area (Å²) in [6, 6.07) is 5.50. The Morgan fingerprint density at radius 1 is 1.20 bits per heavy atom. The second kappa shape index (κ2) is 5.27. The molecule has 0 aliphatic heterocycles. The summed E-state index contributed by atoms with van der Waals surface area (Å²) in [7, 11) is 0. The molecule has 1 atom stereocenters. The van der Waals surface area contributed by atoms with E-state index >= 15 is 0 Å². The lowest BCUT2D eigenvalue weighted by Gasteiger charge is -2.23. The van der Waals surface area contributed by atoms with Gasteiger partial charge in [0.25, 0.3) is 0 Å². The van der Waals surface area contributed by atoms with Crippen LogP contribution >= 0.6 is 0 Å². The van der Waals surface area contributed by atoms with Crippen LogP contribution in [-0.2, 0) is 0 Å². The second-order valence-electron chi connectivity index (χ2n) is 5.96. The molecule has 1 heterocycles. The van der Waals surface area contributed by atoms with Crippen LogP contribution < -0.4 is 0 Å². The Labute approximate surface area is 119 Å². The fourth-order valence-electron chi connectivity index (χ4n) is 2.46. The van der Waals surface area contributed by atoms with E-state index in [0.717, 1.165) is 16.9 Å². The Kier molecular flexibility index (Phi) is 3.84. The molecular formula is C16H22N2O2. The van der Waals surface area contributed by atoms with Gasteiger partial charge in [0.15, 0.2) is 0 Å². The first-order valence-electron chi connectivity index (χ1n) is 7.08. The third kappa shape index (κ3) is 2.30. The Morgan fingerprint density at radius 3 is 2.35 bits per heavy atom. The quantitative estimate of drug-likeness (QED) is 0.914. The number of rotatable bonds is 4.